The van der Waals surface area contributed by atoms with Crippen LogP contribution in [0.1, 0.15) is 11.1 Å². The molecule has 2 rings (SSSR count). The lowest BCUT2D eigenvalue weighted by Crippen LogP contribution is -2.27. The molecule has 1 N–H and O–H groups in total. The summed E-state index contributed by atoms with van der Waals surface area (Å²) in [6, 6.07) is 13.6. The van der Waals surface area contributed by atoms with Crippen LogP contribution in [0.3, 0.4) is 0 Å². The molecule has 0 saturated carbocycles. The summed E-state index contributed by atoms with van der Waals surface area (Å²) in [6.07, 6.45) is 4.35. The van der Waals surface area contributed by atoms with E-state index in [1.807, 2.05) is 6.07 Å². The number of amides is 1. The number of rotatable bonds is 10. The number of hydrogen-bond acceptors (Lipinski definition) is 7. The van der Waals surface area contributed by atoms with Crippen LogP contribution >= 0.6 is 0 Å². The van der Waals surface area contributed by atoms with Crippen LogP contribution in [0.15, 0.2) is 54.1 Å². The average Bonchev–Trinajstić information content (AvgIpc) is 2.82. The minimum atomic E-state index is -0.557. The van der Waals surface area contributed by atoms with Crippen LogP contribution in [-0.2, 0) is 14.3 Å². The first kappa shape index (κ1) is 24.2. The van der Waals surface area contributed by atoms with E-state index in [2.05, 4.69) is 5.32 Å². The number of carbonyl (C=O) groups excluding carboxylic acids is 2. The lowest BCUT2D eigenvalue weighted by molar-refractivity contribution is -0.128. The average molecular weight is 436 g/mol. The summed E-state index contributed by atoms with van der Waals surface area (Å²) in [5, 5.41) is 11.8. The number of carbonyl (C=O) groups is 2. The van der Waals surface area contributed by atoms with Crippen molar-refractivity contribution in [3.63, 3.8) is 0 Å². The Bertz CT molecular complexity index is 1040. The SMILES string of the molecule is COCCNC(=O)/C(C#N)=C/c1ccc(OC(=O)/C=C/c2ccc(OC)c(OC)c2)cc1. The molecule has 0 fully saturated rings. The summed E-state index contributed by atoms with van der Waals surface area (Å²) in [4.78, 5) is 24.1. The third kappa shape index (κ3) is 7.31. The van der Waals surface area contributed by atoms with Crippen LogP contribution in [-0.4, -0.2) is 46.4 Å². The van der Waals surface area contributed by atoms with E-state index in [9.17, 15) is 14.9 Å². The number of nitrogens with one attached hydrogen (secondary N) is 1. The molecule has 0 saturated heterocycles. The third-order valence-electron chi connectivity index (χ3n) is 4.19. The highest BCUT2D eigenvalue weighted by Crippen LogP contribution is 2.28. The summed E-state index contributed by atoms with van der Waals surface area (Å²) in [5.41, 5.74) is 1.32. The maximum atomic E-state index is 12.1. The molecule has 0 atom stereocenters. The Balaban J connectivity index is 1.99. The highest BCUT2D eigenvalue weighted by molar-refractivity contribution is 6.01. The largest absolute Gasteiger partial charge is 0.493 e. The van der Waals surface area contributed by atoms with Gasteiger partial charge in [-0.05, 0) is 47.5 Å². The maximum Gasteiger partial charge on any atom is 0.336 e. The van der Waals surface area contributed by atoms with Crippen molar-refractivity contribution >= 4 is 24.0 Å². The molecule has 0 aliphatic carbocycles. The monoisotopic (exact) mass is 436 g/mol. The molecule has 0 aliphatic rings. The van der Waals surface area contributed by atoms with Gasteiger partial charge in [0.05, 0.1) is 20.8 Å². The predicted octanol–water partition coefficient (Wildman–Crippen LogP) is 2.99. The number of ether oxygens (including phenoxy) is 4. The Morgan fingerprint density at radius 2 is 1.69 bits per heavy atom. The standard InChI is InChI=1S/C24H24N2O6/c1-29-13-12-26-24(28)19(16-25)14-17-4-8-20(9-5-17)32-23(27)11-7-18-6-10-21(30-2)22(15-18)31-3/h4-11,14-15H,12-13H2,1-3H3,(H,26,28)/b11-7+,19-14+. The predicted molar refractivity (Wildman–Crippen MR) is 119 cm³/mol. The lowest BCUT2D eigenvalue weighted by Gasteiger charge is -2.07. The number of benzene rings is 2. The maximum absolute atomic E-state index is 12.1. The van der Waals surface area contributed by atoms with E-state index in [0.29, 0.717) is 36.0 Å². The smallest absolute Gasteiger partial charge is 0.336 e. The molecule has 1 amide bonds. The Morgan fingerprint density at radius 3 is 2.31 bits per heavy atom. The van der Waals surface area contributed by atoms with Crippen LogP contribution in [0.5, 0.6) is 17.2 Å². The molecule has 0 aromatic heterocycles. The summed E-state index contributed by atoms with van der Waals surface area (Å²) in [5.74, 6) is 0.426. The first-order chi connectivity index (χ1) is 15.5. The number of esters is 1. The van der Waals surface area contributed by atoms with E-state index in [4.69, 9.17) is 18.9 Å². The summed E-state index contributed by atoms with van der Waals surface area (Å²) in [6.45, 7) is 0.658. The summed E-state index contributed by atoms with van der Waals surface area (Å²) < 4.78 is 20.5. The molecular formula is C24H24N2O6. The zero-order valence-electron chi connectivity index (χ0n) is 18.1. The number of hydrogen-bond donors (Lipinski definition) is 1. The summed E-state index contributed by atoms with van der Waals surface area (Å²) in [7, 11) is 4.60. The molecule has 0 heterocycles. The Hall–Kier alpha value is -4.09. The summed E-state index contributed by atoms with van der Waals surface area (Å²) >= 11 is 0. The normalized spacial score (nSPS) is 11.0. The molecule has 0 radical (unpaired) electrons. The van der Waals surface area contributed by atoms with Gasteiger partial charge in [0.25, 0.3) is 5.91 Å². The molecular weight excluding hydrogens is 412 g/mol. The first-order valence-corrected chi connectivity index (χ1v) is 9.61. The van der Waals surface area contributed by atoms with E-state index in [1.54, 1.807) is 55.7 Å². The van der Waals surface area contributed by atoms with Crippen molar-refractivity contribution in [2.75, 3.05) is 34.5 Å². The molecule has 32 heavy (non-hydrogen) atoms. The zero-order valence-corrected chi connectivity index (χ0v) is 18.1. The first-order valence-electron chi connectivity index (χ1n) is 9.61. The molecule has 8 nitrogen and oxygen atoms in total. The van der Waals surface area contributed by atoms with Gasteiger partial charge in [0.1, 0.15) is 17.4 Å². The van der Waals surface area contributed by atoms with Crippen LogP contribution in [0.25, 0.3) is 12.2 Å². The quantitative estimate of drug-likeness (QED) is 0.201. The number of nitrogens with zero attached hydrogens (tertiary/aromatic N) is 1. The van der Waals surface area contributed by atoms with Crippen molar-refractivity contribution in [2.24, 2.45) is 0 Å². The molecule has 2 aromatic rings. The third-order valence-corrected chi connectivity index (χ3v) is 4.19. The molecule has 0 spiro atoms. The molecule has 0 unspecified atom stereocenters. The fraction of sp³-hybridized carbons (Fsp3) is 0.208. The second kappa shape index (κ2) is 12.6. The van der Waals surface area contributed by atoms with Crippen molar-refractivity contribution in [1.82, 2.24) is 5.32 Å². The van der Waals surface area contributed by atoms with Crippen molar-refractivity contribution in [3.05, 3.63) is 65.2 Å². The van der Waals surface area contributed by atoms with E-state index in [1.165, 1.54) is 26.4 Å². The second-order valence-electron chi connectivity index (χ2n) is 6.36. The van der Waals surface area contributed by atoms with Crippen LogP contribution < -0.4 is 19.5 Å². The van der Waals surface area contributed by atoms with Gasteiger partial charge in [-0.25, -0.2) is 4.79 Å². The van der Waals surface area contributed by atoms with Gasteiger partial charge >= 0.3 is 5.97 Å². The van der Waals surface area contributed by atoms with E-state index < -0.39 is 11.9 Å². The van der Waals surface area contributed by atoms with Crippen molar-refractivity contribution in [2.45, 2.75) is 0 Å². The van der Waals surface area contributed by atoms with Crippen LogP contribution in [0.4, 0.5) is 0 Å². The van der Waals surface area contributed by atoms with E-state index in [-0.39, 0.29) is 5.57 Å². The lowest BCUT2D eigenvalue weighted by atomic mass is 10.1. The highest BCUT2D eigenvalue weighted by Gasteiger charge is 2.09. The fourth-order valence-corrected chi connectivity index (χ4v) is 2.58. The number of methoxy groups -OCH3 is 3. The van der Waals surface area contributed by atoms with Gasteiger partial charge in [0, 0.05) is 19.7 Å². The van der Waals surface area contributed by atoms with E-state index in [0.717, 1.165) is 5.56 Å². The van der Waals surface area contributed by atoms with Gasteiger partial charge < -0.3 is 24.3 Å². The Morgan fingerprint density at radius 1 is 1.00 bits per heavy atom. The highest BCUT2D eigenvalue weighted by atomic mass is 16.5. The fourth-order valence-electron chi connectivity index (χ4n) is 2.58. The minimum absolute atomic E-state index is 0.0382. The van der Waals surface area contributed by atoms with Gasteiger partial charge in [0.15, 0.2) is 11.5 Å². The molecule has 166 valence electrons. The van der Waals surface area contributed by atoms with Gasteiger partial charge in [0.2, 0.25) is 0 Å². The molecule has 0 aliphatic heterocycles. The Labute approximate surface area is 186 Å². The van der Waals surface area contributed by atoms with Crippen molar-refractivity contribution in [3.8, 4) is 23.3 Å². The van der Waals surface area contributed by atoms with Crippen LogP contribution in [0.2, 0.25) is 0 Å². The number of nitriles is 1. The van der Waals surface area contributed by atoms with Gasteiger partial charge in [-0.1, -0.05) is 18.2 Å². The van der Waals surface area contributed by atoms with Gasteiger partial charge in [-0.3, -0.25) is 4.79 Å². The topological polar surface area (TPSA) is 107 Å². The molecule has 0 bridgehead atoms. The molecule has 8 heteroatoms. The Kier molecular flexibility index (Phi) is 9.50. The second-order valence-corrected chi connectivity index (χ2v) is 6.36. The van der Waals surface area contributed by atoms with E-state index >= 15 is 0 Å². The molecule has 2 aromatic carbocycles. The van der Waals surface area contributed by atoms with Gasteiger partial charge in [-0.2, -0.15) is 5.26 Å². The van der Waals surface area contributed by atoms with Gasteiger partial charge in [-0.15, -0.1) is 0 Å². The zero-order chi connectivity index (χ0) is 23.3. The minimum Gasteiger partial charge on any atom is -0.493 e. The van der Waals surface area contributed by atoms with Crippen molar-refractivity contribution in [1.29, 1.82) is 5.26 Å². The van der Waals surface area contributed by atoms with Crippen molar-refractivity contribution < 1.29 is 28.5 Å². The van der Waals surface area contributed by atoms with Crippen LogP contribution in [0, 0.1) is 11.3 Å².